The summed E-state index contributed by atoms with van der Waals surface area (Å²) < 4.78 is 2.05. The van der Waals surface area contributed by atoms with Crippen molar-refractivity contribution in [2.24, 2.45) is 0 Å². The monoisotopic (exact) mass is 332 g/mol. The van der Waals surface area contributed by atoms with Crippen molar-refractivity contribution in [1.82, 2.24) is 14.8 Å². The summed E-state index contributed by atoms with van der Waals surface area (Å²) in [5, 5.41) is 19.0. The first-order chi connectivity index (χ1) is 10.7. The second-order valence-electron chi connectivity index (χ2n) is 5.24. The topological polar surface area (TPSA) is 54.5 Å². The lowest BCUT2D eigenvalue weighted by Crippen LogP contribution is -2.05. The zero-order valence-electron chi connectivity index (χ0n) is 11.9. The Kier molecular flexibility index (Phi) is 4.47. The number of nitrogens with zero attached hydrogens (tertiary/aromatic N) is 4. The molecule has 0 saturated heterocycles. The van der Waals surface area contributed by atoms with Gasteiger partial charge in [-0.25, -0.2) is 0 Å². The largest absolute Gasteiger partial charge is 0.310 e. The third-order valence-corrected chi connectivity index (χ3v) is 4.30. The maximum atomic E-state index is 9.51. The zero-order valence-corrected chi connectivity index (χ0v) is 13.4. The quantitative estimate of drug-likeness (QED) is 0.767. The molecule has 1 aliphatic rings. The van der Waals surface area contributed by atoms with E-state index in [1.165, 1.54) is 6.42 Å². The average molecular weight is 333 g/mol. The average Bonchev–Trinajstić information content (AvgIpc) is 2.75. The van der Waals surface area contributed by atoms with Crippen LogP contribution in [0, 0.1) is 11.3 Å². The number of allylic oxidation sites excluding steroid dienone is 1. The van der Waals surface area contributed by atoms with Gasteiger partial charge in [-0.05, 0) is 36.6 Å². The predicted molar refractivity (Wildman–Crippen MR) is 87.5 cm³/mol. The van der Waals surface area contributed by atoms with Gasteiger partial charge in [0.1, 0.15) is 11.9 Å². The Labute approximate surface area is 139 Å². The summed E-state index contributed by atoms with van der Waals surface area (Å²) in [6.07, 6.45) is 6.02. The van der Waals surface area contributed by atoms with Crippen molar-refractivity contribution in [2.75, 3.05) is 0 Å². The van der Waals surface area contributed by atoms with Gasteiger partial charge in [-0.15, -0.1) is 10.2 Å². The Morgan fingerprint density at radius 2 is 2.09 bits per heavy atom. The van der Waals surface area contributed by atoms with E-state index >= 15 is 0 Å². The molecule has 0 saturated carbocycles. The van der Waals surface area contributed by atoms with Crippen molar-refractivity contribution in [3.05, 3.63) is 45.5 Å². The fraction of sp³-hybridized carbons (Fsp3) is 0.312. The van der Waals surface area contributed by atoms with Gasteiger partial charge in [0.25, 0.3) is 0 Å². The van der Waals surface area contributed by atoms with E-state index in [1.807, 2.05) is 4.57 Å². The van der Waals surface area contributed by atoms with Gasteiger partial charge in [-0.2, -0.15) is 5.26 Å². The third-order valence-electron chi connectivity index (χ3n) is 3.73. The molecular formula is C16H14Cl2N4. The van der Waals surface area contributed by atoms with E-state index in [-0.39, 0.29) is 0 Å². The molecule has 0 radical (unpaired) electrons. The molecule has 0 bridgehead atoms. The molecule has 22 heavy (non-hydrogen) atoms. The van der Waals surface area contributed by atoms with E-state index in [9.17, 15) is 5.26 Å². The Morgan fingerprint density at radius 1 is 1.23 bits per heavy atom. The van der Waals surface area contributed by atoms with Crippen LogP contribution in [0.2, 0.25) is 10.0 Å². The molecule has 0 atom stereocenters. The van der Waals surface area contributed by atoms with Crippen molar-refractivity contribution < 1.29 is 0 Å². The molecule has 1 aromatic carbocycles. The number of hydrogen-bond acceptors (Lipinski definition) is 3. The fourth-order valence-corrected chi connectivity index (χ4v) is 3.07. The van der Waals surface area contributed by atoms with E-state index in [4.69, 9.17) is 23.2 Å². The molecule has 4 nitrogen and oxygen atoms in total. The van der Waals surface area contributed by atoms with Crippen molar-refractivity contribution in [1.29, 1.82) is 5.26 Å². The highest BCUT2D eigenvalue weighted by molar-refractivity contribution is 6.35. The molecule has 1 aliphatic heterocycles. The minimum atomic E-state index is 0.463. The summed E-state index contributed by atoms with van der Waals surface area (Å²) in [6, 6.07) is 7.41. The highest BCUT2D eigenvalue weighted by atomic mass is 35.5. The van der Waals surface area contributed by atoms with Gasteiger partial charge in [0, 0.05) is 23.0 Å². The first kappa shape index (κ1) is 15.1. The summed E-state index contributed by atoms with van der Waals surface area (Å²) >= 11 is 12.1. The smallest absolute Gasteiger partial charge is 0.174 e. The molecule has 0 spiro atoms. The van der Waals surface area contributed by atoms with Crippen molar-refractivity contribution in [3.63, 3.8) is 0 Å². The Bertz CT molecular complexity index is 771. The maximum absolute atomic E-state index is 9.51. The van der Waals surface area contributed by atoms with Crippen LogP contribution in [0.5, 0.6) is 0 Å². The lowest BCUT2D eigenvalue weighted by atomic mass is 10.1. The minimum Gasteiger partial charge on any atom is -0.310 e. The van der Waals surface area contributed by atoms with Crippen molar-refractivity contribution in [3.8, 4) is 6.07 Å². The van der Waals surface area contributed by atoms with Crippen LogP contribution >= 0.6 is 23.2 Å². The van der Waals surface area contributed by atoms with Crippen LogP contribution in [0.25, 0.3) is 11.6 Å². The van der Waals surface area contributed by atoms with Gasteiger partial charge in [-0.1, -0.05) is 35.7 Å². The molecule has 6 heteroatoms. The summed E-state index contributed by atoms with van der Waals surface area (Å²) in [4.78, 5) is 0. The van der Waals surface area contributed by atoms with Crippen molar-refractivity contribution in [2.45, 2.75) is 32.2 Å². The van der Waals surface area contributed by atoms with E-state index in [0.29, 0.717) is 21.4 Å². The van der Waals surface area contributed by atoms with E-state index in [0.717, 1.165) is 37.2 Å². The molecule has 2 aromatic rings. The van der Waals surface area contributed by atoms with Crippen molar-refractivity contribution >= 4 is 34.9 Å². The molecule has 3 rings (SSSR count). The SMILES string of the molecule is N#C/C(=C/c1ccc(Cl)cc1Cl)c1nnc2n1CCCCC2. The Balaban J connectivity index is 2.03. The Hall–Kier alpha value is -1.83. The third kappa shape index (κ3) is 3.01. The number of fused-ring (bicyclic) bond motifs is 1. The van der Waals surface area contributed by atoms with Gasteiger partial charge in [-0.3, -0.25) is 0 Å². The number of aromatic nitrogens is 3. The second-order valence-corrected chi connectivity index (χ2v) is 6.08. The fourth-order valence-electron chi connectivity index (χ4n) is 2.61. The van der Waals surface area contributed by atoms with E-state index in [2.05, 4.69) is 16.3 Å². The lowest BCUT2D eigenvalue weighted by Gasteiger charge is -2.06. The Morgan fingerprint density at radius 3 is 2.86 bits per heavy atom. The summed E-state index contributed by atoms with van der Waals surface area (Å²) in [5.41, 5.74) is 1.21. The van der Waals surface area contributed by atoms with Crippen LogP contribution < -0.4 is 0 Å². The van der Waals surface area contributed by atoms with Gasteiger partial charge in [0.05, 0.1) is 5.57 Å². The second kappa shape index (κ2) is 6.51. The highest BCUT2D eigenvalue weighted by Gasteiger charge is 2.17. The first-order valence-corrected chi connectivity index (χ1v) is 7.94. The number of hydrogen-bond donors (Lipinski definition) is 0. The number of benzene rings is 1. The summed E-state index contributed by atoms with van der Waals surface area (Å²) in [7, 11) is 0. The van der Waals surface area contributed by atoms with Gasteiger partial charge in [0.15, 0.2) is 5.82 Å². The van der Waals surface area contributed by atoms with Crippen LogP contribution in [0.4, 0.5) is 0 Å². The molecule has 0 aliphatic carbocycles. The van der Waals surface area contributed by atoms with Gasteiger partial charge in [0.2, 0.25) is 0 Å². The van der Waals surface area contributed by atoms with Crippen LogP contribution in [-0.2, 0) is 13.0 Å². The molecular weight excluding hydrogens is 319 g/mol. The van der Waals surface area contributed by atoms with Crippen LogP contribution in [0.1, 0.15) is 36.5 Å². The molecule has 0 fully saturated rings. The van der Waals surface area contributed by atoms with Gasteiger partial charge >= 0.3 is 0 Å². The summed E-state index contributed by atoms with van der Waals surface area (Å²) in [6.45, 7) is 0.852. The minimum absolute atomic E-state index is 0.463. The molecule has 0 unspecified atom stereocenters. The number of rotatable bonds is 2. The standard InChI is InChI=1S/C16H14Cl2N4/c17-13-6-5-11(14(18)9-13)8-12(10-19)16-21-20-15-4-2-1-3-7-22(15)16/h5-6,8-9H,1-4,7H2/b12-8-. The normalized spacial score (nSPS) is 15.0. The van der Waals surface area contributed by atoms with E-state index < -0.39 is 0 Å². The van der Waals surface area contributed by atoms with Gasteiger partial charge < -0.3 is 4.57 Å². The van der Waals surface area contributed by atoms with Crippen LogP contribution in [0.3, 0.4) is 0 Å². The molecule has 1 aromatic heterocycles. The lowest BCUT2D eigenvalue weighted by molar-refractivity contribution is 0.627. The van der Waals surface area contributed by atoms with Crippen LogP contribution in [0.15, 0.2) is 18.2 Å². The number of nitriles is 1. The van der Waals surface area contributed by atoms with Crippen LogP contribution in [-0.4, -0.2) is 14.8 Å². The van der Waals surface area contributed by atoms with E-state index in [1.54, 1.807) is 24.3 Å². The molecule has 112 valence electrons. The summed E-state index contributed by atoms with van der Waals surface area (Å²) in [5.74, 6) is 1.57. The molecule has 0 N–H and O–H groups in total. The number of aryl methyl sites for hydroxylation is 1. The maximum Gasteiger partial charge on any atom is 0.174 e. The highest BCUT2D eigenvalue weighted by Crippen LogP contribution is 2.26. The first-order valence-electron chi connectivity index (χ1n) is 7.18. The zero-order chi connectivity index (χ0) is 15.5. The predicted octanol–water partition coefficient (Wildman–Crippen LogP) is 4.38. The number of halogens is 2. The molecule has 0 amide bonds. The molecule has 2 heterocycles.